The summed E-state index contributed by atoms with van der Waals surface area (Å²) in [6.45, 7) is 5.16. The van der Waals surface area contributed by atoms with Gasteiger partial charge in [-0.1, -0.05) is 6.42 Å². The third-order valence-corrected chi connectivity index (χ3v) is 1.96. The van der Waals surface area contributed by atoms with Crippen LogP contribution in [0.1, 0.15) is 20.7 Å². The predicted octanol–water partition coefficient (Wildman–Crippen LogP) is -0.486. The second kappa shape index (κ2) is 7.49. The Morgan fingerprint density at radius 2 is 1.42 bits per heavy atom. The average Bonchev–Trinajstić information content (AvgIpc) is 2.05. The zero-order valence-electron chi connectivity index (χ0n) is 8.66. The van der Waals surface area contributed by atoms with Crippen LogP contribution in [-0.2, 0) is 0 Å². The van der Waals surface area contributed by atoms with Gasteiger partial charge >= 0.3 is 1.43 Å². The van der Waals surface area contributed by atoms with E-state index in [0.29, 0.717) is 0 Å². The number of nitrogens with one attached hydrogen (secondary N) is 4. The molecule has 0 aromatic rings. The van der Waals surface area contributed by atoms with Gasteiger partial charge in [0.05, 0.1) is 0 Å². The van der Waals surface area contributed by atoms with Crippen LogP contribution < -0.4 is 21.5 Å². The van der Waals surface area contributed by atoms with E-state index in [-0.39, 0.29) is 1.43 Å². The van der Waals surface area contributed by atoms with Crippen LogP contribution in [0.2, 0.25) is 0 Å². The van der Waals surface area contributed by atoms with Crippen molar-refractivity contribution in [3.8, 4) is 0 Å². The molecular weight excluding hydrogens is 152 g/mol. The van der Waals surface area contributed by atoms with Crippen LogP contribution in [0.15, 0.2) is 0 Å². The van der Waals surface area contributed by atoms with Gasteiger partial charge in [0, 0.05) is 26.3 Å². The lowest BCUT2D eigenvalue weighted by Crippen LogP contribution is -2.40. The van der Waals surface area contributed by atoms with E-state index < -0.39 is 0 Å². The van der Waals surface area contributed by atoms with Gasteiger partial charge in [0.25, 0.3) is 0 Å². The lowest BCUT2D eigenvalue weighted by Gasteiger charge is -2.11. The smallest absolute Gasteiger partial charge is 0.304 e. The molecule has 0 atom stereocenters. The molecule has 0 amide bonds. The molecule has 1 fully saturated rings. The lowest BCUT2D eigenvalue weighted by atomic mass is 10.2. The second-order valence-electron chi connectivity index (χ2n) is 3.09. The van der Waals surface area contributed by atoms with E-state index in [1.807, 2.05) is 0 Å². The first-order valence-electron chi connectivity index (χ1n) is 4.87. The van der Waals surface area contributed by atoms with E-state index in [1.165, 1.54) is 19.3 Å². The zero-order valence-corrected chi connectivity index (χ0v) is 7.66. The Balaban J connectivity index is 0.00000144. The van der Waals surface area contributed by atoms with E-state index in [1.54, 1.807) is 0 Å². The van der Waals surface area contributed by atoms with E-state index in [4.69, 9.17) is 0 Å². The van der Waals surface area contributed by atoms with Gasteiger partial charge in [-0.15, -0.1) is 0 Å². The molecular formula is C8H21N4+. The van der Waals surface area contributed by atoms with Crippen LogP contribution >= 0.6 is 0 Å². The molecule has 0 bridgehead atoms. The fraction of sp³-hybridized carbons (Fsp3) is 1.00. The summed E-state index contributed by atoms with van der Waals surface area (Å²) in [5, 5.41) is 6.63. The molecule has 0 saturated carbocycles. The first kappa shape index (κ1) is 9.92. The van der Waals surface area contributed by atoms with Crippen molar-refractivity contribution in [1.82, 2.24) is 21.5 Å². The van der Waals surface area contributed by atoms with Crippen molar-refractivity contribution in [2.24, 2.45) is 0 Å². The highest BCUT2D eigenvalue weighted by Gasteiger charge is 1.92. The first-order chi connectivity index (χ1) is 6.00. The van der Waals surface area contributed by atoms with Crippen LogP contribution in [0.25, 0.3) is 0 Å². The van der Waals surface area contributed by atoms with Crippen molar-refractivity contribution < 1.29 is 1.43 Å². The highest BCUT2D eigenvalue weighted by Crippen LogP contribution is 1.91. The van der Waals surface area contributed by atoms with Gasteiger partial charge in [-0.3, -0.25) is 10.9 Å². The minimum Gasteiger partial charge on any atom is -0.304 e. The Morgan fingerprint density at radius 3 is 2.42 bits per heavy atom. The average molecular weight is 173 g/mol. The van der Waals surface area contributed by atoms with E-state index in [0.717, 1.165) is 32.8 Å². The maximum Gasteiger partial charge on any atom is 1.00 e. The summed E-state index contributed by atoms with van der Waals surface area (Å²) < 4.78 is 0. The third-order valence-electron chi connectivity index (χ3n) is 1.96. The number of hydrazine groups is 1. The van der Waals surface area contributed by atoms with Crippen molar-refractivity contribution in [3.63, 3.8) is 0 Å². The van der Waals surface area contributed by atoms with Gasteiger partial charge in [0.2, 0.25) is 0 Å². The number of hydrogen-bond acceptors (Lipinski definition) is 4. The standard InChI is InChI=1S/C8H20N4/c1-2-4-9-8-10-6-7-12-11-5-3-1/h9-12H,1-8H2/p+1. The summed E-state index contributed by atoms with van der Waals surface area (Å²) in [7, 11) is 0. The molecule has 0 spiro atoms. The largest absolute Gasteiger partial charge is 1.00 e. The molecule has 0 radical (unpaired) electrons. The molecule has 1 heterocycles. The molecule has 12 heavy (non-hydrogen) atoms. The summed E-state index contributed by atoms with van der Waals surface area (Å²) in [5.41, 5.74) is 6.36. The van der Waals surface area contributed by atoms with E-state index >= 15 is 0 Å². The zero-order chi connectivity index (χ0) is 8.49. The Morgan fingerprint density at radius 1 is 0.667 bits per heavy atom. The fourth-order valence-electron chi connectivity index (χ4n) is 1.23. The third kappa shape index (κ3) is 5.49. The van der Waals surface area contributed by atoms with Gasteiger partial charge in [-0.25, -0.2) is 0 Å². The molecule has 4 heteroatoms. The maximum absolute atomic E-state index is 3.34. The van der Waals surface area contributed by atoms with E-state index in [9.17, 15) is 0 Å². The summed E-state index contributed by atoms with van der Waals surface area (Å²) in [5.74, 6) is 0. The second-order valence-corrected chi connectivity index (χ2v) is 3.09. The van der Waals surface area contributed by atoms with Crippen LogP contribution in [0.4, 0.5) is 0 Å². The summed E-state index contributed by atoms with van der Waals surface area (Å²) in [6.07, 6.45) is 3.85. The van der Waals surface area contributed by atoms with Gasteiger partial charge in [0.1, 0.15) is 0 Å². The topological polar surface area (TPSA) is 48.1 Å². The van der Waals surface area contributed by atoms with Crippen LogP contribution in [0, 0.1) is 0 Å². The predicted molar refractivity (Wildman–Crippen MR) is 51.8 cm³/mol. The monoisotopic (exact) mass is 173 g/mol. The SMILES string of the molecule is C1CCNCNCCNNCC1.[H+]. The summed E-state index contributed by atoms with van der Waals surface area (Å²) in [4.78, 5) is 0. The van der Waals surface area contributed by atoms with E-state index in [2.05, 4.69) is 21.5 Å². The fourth-order valence-corrected chi connectivity index (χ4v) is 1.23. The molecule has 1 saturated heterocycles. The van der Waals surface area contributed by atoms with Crippen LogP contribution in [0.3, 0.4) is 0 Å². The molecule has 0 aliphatic carbocycles. The van der Waals surface area contributed by atoms with Crippen molar-refractivity contribution in [3.05, 3.63) is 0 Å². The molecule has 0 aromatic heterocycles. The Kier molecular flexibility index (Phi) is 6.19. The minimum absolute atomic E-state index is 0. The molecule has 1 rings (SSSR count). The molecule has 0 unspecified atom stereocenters. The van der Waals surface area contributed by atoms with Gasteiger partial charge in [-0.05, 0) is 19.4 Å². The molecule has 72 valence electrons. The minimum atomic E-state index is 0. The Bertz CT molecular complexity index is 59.1. The van der Waals surface area contributed by atoms with Crippen molar-refractivity contribution in [1.29, 1.82) is 0 Å². The number of rotatable bonds is 0. The Hall–Kier alpha value is -0.160. The van der Waals surface area contributed by atoms with Crippen LogP contribution in [-0.4, -0.2) is 32.8 Å². The number of hydrogen-bond donors (Lipinski definition) is 4. The maximum atomic E-state index is 3.34. The normalized spacial score (nSPS) is 24.0. The summed E-state index contributed by atoms with van der Waals surface area (Å²) in [6, 6.07) is 0. The van der Waals surface area contributed by atoms with Crippen molar-refractivity contribution >= 4 is 0 Å². The molecule has 4 nitrogen and oxygen atoms in total. The van der Waals surface area contributed by atoms with Crippen molar-refractivity contribution in [2.75, 3.05) is 32.8 Å². The van der Waals surface area contributed by atoms with Gasteiger partial charge in [-0.2, -0.15) is 0 Å². The summed E-state index contributed by atoms with van der Waals surface area (Å²) >= 11 is 0. The quantitative estimate of drug-likeness (QED) is 0.399. The molecule has 1 aliphatic rings. The first-order valence-corrected chi connectivity index (χ1v) is 4.87. The lowest BCUT2D eigenvalue weighted by molar-refractivity contribution is 0.465. The molecule has 1 aliphatic heterocycles. The van der Waals surface area contributed by atoms with Gasteiger partial charge < -0.3 is 10.6 Å². The van der Waals surface area contributed by atoms with Crippen molar-refractivity contribution in [2.45, 2.75) is 19.3 Å². The molecule has 0 aromatic carbocycles. The Labute approximate surface area is 75.9 Å². The highest BCUT2D eigenvalue weighted by molar-refractivity contribution is 4.53. The van der Waals surface area contributed by atoms with Crippen LogP contribution in [0.5, 0.6) is 0 Å². The molecule has 4 N–H and O–H groups in total. The van der Waals surface area contributed by atoms with Gasteiger partial charge in [0.15, 0.2) is 0 Å². The highest BCUT2D eigenvalue weighted by atomic mass is 15.3.